The quantitative estimate of drug-likeness (QED) is 0.608. The Labute approximate surface area is 164 Å². The molecule has 0 aromatic heterocycles. The smallest absolute Gasteiger partial charge is 0.248 e. The van der Waals surface area contributed by atoms with E-state index in [2.05, 4.69) is 17.4 Å². The number of ether oxygens (including phenoxy) is 1. The van der Waals surface area contributed by atoms with Crippen LogP contribution in [0.15, 0.2) is 84.9 Å². The Morgan fingerprint density at radius 3 is 2.43 bits per heavy atom. The maximum atomic E-state index is 12.3. The second kappa shape index (κ2) is 9.75. The van der Waals surface area contributed by atoms with Gasteiger partial charge in [-0.3, -0.25) is 4.79 Å². The van der Waals surface area contributed by atoms with Crippen molar-refractivity contribution in [1.82, 2.24) is 0 Å². The van der Waals surface area contributed by atoms with Crippen molar-refractivity contribution in [3.05, 3.63) is 102 Å². The van der Waals surface area contributed by atoms with Crippen LogP contribution < -0.4 is 10.1 Å². The minimum Gasteiger partial charge on any atom is -0.479 e. The molecule has 1 amide bonds. The summed E-state index contributed by atoms with van der Waals surface area (Å²) in [6.07, 6.45) is 4.00. The van der Waals surface area contributed by atoms with Gasteiger partial charge in [0.25, 0.3) is 0 Å². The zero-order chi connectivity index (χ0) is 19.6. The van der Waals surface area contributed by atoms with Crippen LogP contribution in [-0.2, 0) is 11.2 Å². The molecule has 0 saturated carbocycles. The zero-order valence-electron chi connectivity index (χ0n) is 15.3. The van der Waals surface area contributed by atoms with Crippen molar-refractivity contribution in [2.45, 2.75) is 6.42 Å². The molecule has 0 aliphatic carbocycles. The molecule has 1 N–H and O–H groups in total. The highest BCUT2D eigenvalue weighted by atomic mass is 16.5. The summed E-state index contributed by atoms with van der Waals surface area (Å²) in [6, 6.07) is 27.1. The Morgan fingerprint density at radius 1 is 0.964 bits per heavy atom. The molecule has 0 bridgehead atoms. The van der Waals surface area contributed by atoms with Crippen LogP contribution >= 0.6 is 0 Å². The molecule has 0 spiro atoms. The van der Waals surface area contributed by atoms with Gasteiger partial charge >= 0.3 is 0 Å². The van der Waals surface area contributed by atoms with E-state index < -0.39 is 0 Å². The van der Waals surface area contributed by atoms with E-state index in [1.165, 1.54) is 11.6 Å². The van der Waals surface area contributed by atoms with Gasteiger partial charge in [0.1, 0.15) is 11.8 Å². The first-order chi connectivity index (χ1) is 13.7. The van der Waals surface area contributed by atoms with Crippen molar-refractivity contribution in [2.24, 2.45) is 0 Å². The molecule has 4 nitrogen and oxygen atoms in total. The third-order valence-electron chi connectivity index (χ3n) is 4.12. The van der Waals surface area contributed by atoms with Gasteiger partial charge < -0.3 is 10.1 Å². The molecule has 0 aliphatic heterocycles. The number of nitriles is 1. The van der Waals surface area contributed by atoms with Gasteiger partial charge in [-0.1, -0.05) is 60.7 Å². The number of para-hydroxylation sites is 1. The Balaban J connectivity index is 1.63. The number of benzene rings is 3. The Morgan fingerprint density at radius 2 is 1.68 bits per heavy atom. The first kappa shape index (κ1) is 18.9. The normalized spacial score (nSPS) is 10.4. The van der Waals surface area contributed by atoms with Crippen molar-refractivity contribution in [1.29, 1.82) is 5.26 Å². The van der Waals surface area contributed by atoms with Gasteiger partial charge in [0.2, 0.25) is 5.91 Å². The number of carbonyl (C=O) groups is 1. The number of hydrogen-bond acceptors (Lipinski definition) is 3. The molecule has 3 aromatic carbocycles. The van der Waals surface area contributed by atoms with Gasteiger partial charge in [0, 0.05) is 11.8 Å². The topological polar surface area (TPSA) is 62.1 Å². The monoisotopic (exact) mass is 368 g/mol. The van der Waals surface area contributed by atoms with Crippen molar-refractivity contribution in [3.8, 4) is 11.8 Å². The second-order valence-electron chi connectivity index (χ2n) is 6.16. The lowest BCUT2D eigenvalue weighted by atomic mass is 10.0. The van der Waals surface area contributed by atoms with E-state index in [0.29, 0.717) is 5.75 Å². The average molecular weight is 368 g/mol. The third kappa shape index (κ3) is 5.58. The fourth-order valence-electron chi connectivity index (χ4n) is 2.75. The minimum atomic E-state index is -0.190. The molecule has 4 heteroatoms. The van der Waals surface area contributed by atoms with E-state index in [1.807, 2.05) is 60.7 Å². The molecule has 0 unspecified atom stereocenters. The Bertz CT molecular complexity index is 987. The van der Waals surface area contributed by atoms with Gasteiger partial charge in [-0.25, -0.2) is 0 Å². The maximum Gasteiger partial charge on any atom is 0.248 e. The fourth-order valence-corrected chi connectivity index (χ4v) is 2.75. The minimum absolute atomic E-state index is 0.0139. The SMILES string of the molecule is N#CCOc1ccc(/C=C/C(=O)Nc2ccccc2Cc2ccccc2)cc1. The third-order valence-corrected chi connectivity index (χ3v) is 4.12. The van der Waals surface area contributed by atoms with Gasteiger partial charge in [-0.05, 0) is 47.4 Å². The molecule has 0 aliphatic rings. The molecule has 0 atom stereocenters. The lowest BCUT2D eigenvalue weighted by molar-refractivity contribution is -0.111. The lowest BCUT2D eigenvalue weighted by Crippen LogP contribution is -2.10. The van der Waals surface area contributed by atoms with Gasteiger partial charge in [-0.2, -0.15) is 5.26 Å². The fraction of sp³-hybridized carbons (Fsp3) is 0.0833. The molecule has 138 valence electrons. The van der Waals surface area contributed by atoms with E-state index in [4.69, 9.17) is 10.00 Å². The van der Waals surface area contributed by atoms with Crippen LogP contribution in [-0.4, -0.2) is 12.5 Å². The van der Waals surface area contributed by atoms with Crippen molar-refractivity contribution >= 4 is 17.7 Å². The molecule has 3 rings (SSSR count). The summed E-state index contributed by atoms with van der Waals surface area (Å²) in [5, 5.41) is 11.5. The molecular weight excluding hydrogens is 348 g/mol. The lowest BCUT2D eigenvalue weighted by Gasteiger charge is -2.10. The number of nitrogens with zero attached hydrogens (tertiary/aromatic N) is 1. The van der Waals surface area contributed by atoms with Crippen LogP contribution in [0.4, 0.5) is 5.69 Å². The van der Waals surface area contributed by atoms with Crippen LogP contribution in [0.25, 0.3) is 6.08 Å². The van der Waals surface area contributed by atoms with Crippen LogP contribution in [0, 0.1) is 11.3 Å². The van der Waals surface area contributed by atoms with Crippen molar-refractivity contribution in [2.75, 3.05) is 11.9 Å². The van der Waals surface area contributed by atoms with Gasteiger partial charge in [0.05, 0.1) is 0 Å². The predicted molar refractivity (Wildman–Crippen MR) is 111 cm³/mol. The highest BCUT2D eigenvalue weighted by molar-refractivity contribution is 6.02. The van der Waals surface area contributed by atoms with E-state index in [9.17, 15) is 4.79 Å². The molecule has 0 radical (unpaired) electrons. The van der Waals surface area contributed by atoms with E-state index in [-0.39, 0.29) is 12.5 Å². The van der Waals surface area contributed by atoms with E-state index in [1.54, 1.807) is 18.2 Å². The summed E-state index contributed by atoms with van der Waals surface area (Å²) in [5.41, 5.74) is 3.94. The number of amides is 1. The average Bonchev–Trinajstić information content (AvgIpc) is 2.74. The van der Waals surface area contributed by atoms with Crippen LogP contribution in [0.3, 0.4) is 0 Å². The number of anilines is 1. The maximum absolute atomic E-state index is 12.3. The number of carbonyl (C=O) groups excluding carboxylic acids is 1. The van der Waals surface area contributed by atoms with Crippen LogP contribution in [0.1, 0.15) is 16.7 Å². The zero-order valence-corrected chi connectivity index (χ0v) is 15.3. The van der Waals surface area contributed by atoms with Crippen molar-refractivity contribution in [3.63, 3.8) is 0 Å². The summed E-state index contributed by atoms with van der Waals surface area (Å²) < 4.78 is 5.21. The molecule has 0 saturated heterocycles. The van der Waals surface area contributed by atoms with Crippen molar-refractivity contribution < 1.29 is 9.53 Å². The number of nitrogens with one attached hydrogen (secondary N) is 1. The number of rotatable bonds is 7. The van der Waals surface area contributed by atoms with Crippen LogP contribution in [0.2, 0.25) is 0 Å². The summed E-state index contributed by atoms with van der Waals surface area (Å²) in [4.78, 5) is 12.3. The molecule has 28 heavy (non-hydrogen) atoms. The summed E-state index contributed by atoms with van der Waals surface area (Å²) in [7, 11) is 0. The Kier molecular flexibility index (Phi) is 6.59. The number of hydrogen-bond donors (Lipinski definition) is 1. The highest BCUT2D eigenvalue weighted by Gasteiger charge is 2.05. The largest absolute Gasteiger partial charge is 0.479 e. The standard InChI is InChI=1S/C24H20N2O2/c25-16-17-28-22-13-10-19(11-14-22)12-15-24(27)26-23-9-5-4-8-21(23)18-20-6-2-1-3-7-20/h1-15H,17-18H2,(H,26,27)/b15-12+. The molecule has 0 fully saturated rings. The highest BCUT2D eigenvalue weighted by Crippen LogP contribution is 2.19. The molecular formula is C24H20N2O2. The molecule has 3 aromatic rings. The van der Waals surface area contributed by atoms with E-state index >= 15 is 0 Å². The van der Waals surface area contributed by atoms with Crippen LogP contribution in [0.5, 0.6) is 5.75 Å². The summed E-state index contributed by atoms with van der Waals surface area (Å²) in [5.74, 6) is 0.434. The Hall–Kier alpha value is -3.84. The van der Waals surface area contributed by atoms with Gasteiger partial charge in [-0.15, -0.1) is 0 Å². The predicted octanol–water partition coefficient (Wildman–Crippen LogP) is 4.83. The summed E-state index contributed by atoms with van der Waals surface area (Å²) >= 11 is 0. The van der Waals surface area contributed by atoms with Gasteiger partial charge in [0.15, 0.2) is 6.61 Å². The first-order valence-electron chi connectivity index (χ1n) is 8.95. The first-order valence-corrected chi connectivity index (χ1v) is 8.95. The summed E-state index contributed by atoms with van der Waals surface area (Å²) in [6.45, 7) is 0.0139. The van der Waals surface area contributed by atoms with E-state index in [0.717, 1.165) is 23.2 Å². The second-order valence-corrected chi connectivity index (χ2v) is 6.16. The molecule has 0 heterocycles.